The highest BCUT2D eigenvalue weighted by Gasteiger charge is 2.15. The van der Waals surface area contributed by atoms with Gasteiger partial charge in [-0.25, -0.2) is 0 Å². The van der Waals surface area contributed by atoms with Crippen LogP contribution >= 0.6 is 35.2 Å². The highest BCUT2D eigenvalue weighted by Crippen LogP contribution is 2.23. The van der Waals surface area contributed by atoms with E-state index < -0.39 is 0 Å². The van der Waals surface area contributed by atoms with Gasteiger partial charge in [0, 0.05) is 5.02 Å². The van der Waals surface area contributed by atoms with Crippen molar-refractivity contribution in [2.75, 3.05) is 0 Å². The minimum atomic E-state index is -0.150. The van der Waals surface area contributed by atoms with Crippen molar-refractivity contribution in [3.63, 3.8) is 0 Å². The van der Waals surface area contributed by atoms with Gasteiger partial charge in [-0.05, 0) is 48.3 Å². The van der Waals surface area contributed by atoms with E-state index in [0.29, 0.717) is 15.6 Å². The molecule has 0 aliphatic rings. The van der Waals surface area contributed by atoms with Gasteiger partial charge in [-0.3, -0.25) is 14.5 Å². The van der Waals surface area contributed by atoms with Gasteiger partial charge in [-0.1, -0.05) is 29.8 Å². The van der Waals surface area contributed by atoms with Gasteiger partial charge in [0.15, 0.2) is 10.6 Å². The van der Waals surface area contributed by atoms with E-state index in [0.717, 1.165) is 10.4 Å². The van der Waals surface area contributed by atoms with Crippen LogP contribution in [0.25, 0.3) is 10.7 Å². The summed E-state index contributed by atoms with van der Waals surface area (Å²) in [5.41, 5.74) is 0.949. The van der Waals surface area contributed by atoms with Gasteiger partial charge >= 0.3 is 0 Å². The minimum absolute atomic E-state index is 0.105. The maximum atomic E-state index is 12.4. The van der Waals surface area contributed by atoms with E-state index in [2.05, 4.69) is 15.5 Å². The molecule has 0 radical (unpaired) electrons. The Morgan fingerprint density at radius 3 is 3.00 bits per heavy atom. The zero-order valence-corrected chi connectivity index (χ0v) is 15.2. The van der Waals surface area contributed by atoms with Crippen LogP contribution in [0, 0.1) is 4.77 Å². The molecular weight excluding hydrogens is 364 g/mol. The predicted octanol–water partition coefficient (Wildman–Crippen LogP) is 4.20. The van der Waals surface area contributed by atoms with Gasteiger partial charge in [0.2, 0.25) is 5.91 Å². The summed E-state index contributed by atoms with van der Waals surface area (Å²) < 4.78 is 2.12. The lowest BCUT2D eigenvalue weighted by molar-refractivity contribution is -0.122. The fourth-order valence-electron chi connectivity index (χ4n) is 2.35. The molecule has 0 fully saturated rings. The number of benzene rings is 1. The summed E-state index contributed by atoms with van der Waals surface area (Å²) in [5, 5.41) is 12.5. The van der Waals surface area contributed by atoms with Crippen LogP contribution in [-0.4, -0.2) is 20.7 Å². The molecule has 8 heteroatoms. The molecule has 1 amide bonds. The number of hydrogen-bond donors (Lipinski definition) is 2. The average Bonchev–Trinajstić information content (AvgIpc) is 3.18. The van der Waals surface area contributed by atoms with Crippen LogP contribution in [0.3, 0.4) is 0 Å². The molecule has 2 heterocycles. The van der Waals surface area contributed by atoms with Crippen LogP contribution in [0.5, 0.6) is 0 Å². The Morgan fingerprint density at radius 2 is 2.29 bits per heavy atom. The van der Waals surface area contributed by atoms with E-state index in [-0.39, 0.29) is 18.5 Å². The average molecular weight is 379 g/mol. The summed E-state index contributed by atoms with van der Waals surface area (Å²) in [7, 11) is 0. The Balaban J connectivity index is 1.74. The summed E-state index contributed by atoms with van der Waals surface area (Å²) in [5.74, 6) is 0.526. The maximum absolute atomic E-state index is 12.4. The molecule has 5 nitrogen and oxygen atoms in total. The number of aromatic nitrogens is 3. The van der Waals surface area contributed by atoms with Crippen molar-refractivity contribution in [2.45, 2.75) is 19.5 Å². The topological polar surface area (TPSA) is 62.7 Å². The third kappa shape index (κ3) is 3.75. The van der Waals surface area contributed by atoms with Crippen LogP contribution in [0.4, 0.5) is 0 Å². The second-order valence-corrected chi connectivity index (χ2v) is 7.03. The number of amides is 1. The summed E-state index contributed by atoms with van der Waals surface area (Å²) in [4.78, 5) is 13.4. The molecule has 3 aromatic rings. The van der Waals surface area contributed by atoms with E-state index in [1.54, 1.807) is 22.0 Å². The van der Waals surface area contributed by atoms with E-state index in [1.807, 2.05) is 42.6 Å². The molecule has 2 aromatic heterocycles. The maximum Gasteiger partial charge on any atom is 0.240 e. The Kier molecular flexibility index (Phi) is 5.13. The molecule has 1 aromatic carbocycles. The van der Waals surface area contributed by atoms with Gasteiger partial charge in [0.05, 0.1) is 10.9 Å². The van der Waals surface area contributed by atoms with Crippen molar-refractivity contribution < 1.29 is 4.79 Å². The summed E-state index contributed by atoms with van der Waals surface area (Å²) in [6, 6.07) is 11.2. The zero-order chi connectivity index (χ0) is 17.1. The largest absolute Gasteiger partial charge is 0.348 e. The van der Waals surface area contributed by atoms with E-state index in [9.17, 15) is 4.79 Å². The van der Waals surface area contributed by atoms with E-state index >= 15 is 0 Å². The number of carbonyl (C=O) groups excluding carboxylic acids is 1. The van der Waals surface area contributed by atoms with Crippen molar-refractivity contribution in [1.82, 2.24) is 20.1 Å². The normalized spacial score (nSPS) is 12.1. The zero-order valence-electron chi connectivity index (χ0n) is 12.8. The molecule has 0 saturated heterocycles. The molecule has 2 N–H and O–H groups in total. The molecule has 124 valence electrons. The van der Waals surface area contributed by atoms with Crippen LogP contribution in [0.2, 0.25) is 5.02 Å². The monoisotopic (exact) mass is 378 g/mol. The summed E-state index contributed by atoms with van der Waals surface area (Å²) in [6.45, 7) is 2.02. The molecule has 0 aliphatic carbocycles. The van der Waals surface area contributed by atoms with Gasteiger partial charge in [0.1, 0.15) is 6.54 Å². The highest BCUT2D eigenvalue weighted by atomic mass is 35.5. The SMILES string of the molecule is C[C@H](NC(=O)Cn1c(-c2cccs2)n[nH]c1=S)c1cccc(Cl)c1. The fourth-order valence-corrected chi connectivity index (χ4v) is 3.47. The van der Waals surface area contributed by atoms with Crippen LogP contribution in [0.1, 0.15) is 18.5 Å². The number of aromatic amines is 1. The Morgan fingerprint density at radius 1 is 1.46 bits per heavy atom. The number of halogens is 1. The third-order valence-electron chi connectivity index (χ3n) is 3.53. The van der Waals surface area contributed by atoms with Crippen LogP contribution < -0.4 is 5.32 Å². The molecule has 0 bridgehead atoms. The first-order chi connectivity index (χ1) is 11.5. The molecule has 0 saturated carbocycles. The number of carbonyl (C=O) groups is 1. The van der Waals surface area contributed by atoms with Crippen molar-refractivity contribution >= 4 is 41.1 Å². The number of H-pyrrole nitrogens is 1. The third-order valence-corrected chi connectivity index (χ3v) is 4.94. The molecule has 24 heavy (non-hydrogen) atoms. The van der Waals surface area contributed by atoms with Gasteiger partial charge in [-0.2, -0.15) is 5.10 Å². The quantitative estimate of drug-likeness (QED) is 0.654. The second kappa shape index (κ2) is 7.29. The van der Waals surface area contributed by atoms with Gasteiger partial charge < -0.3 is 5.32 Å². The van der Waals surface area contributed by atoms with E-state index in [1.165, 1.54) is 0 Å². The Hall–Kier alpha value is -1.96. The number of rotatable bonds is 5. The number of nitrogens with zero attached hydrogens (tertiary/aromatic N) is 2. The lowest BCUT2D eigenvalue weighted by atomic mass is 10.1. The lowest BCUT2D eigenvalue weighted by Crippen LogP contribution is -2.30. The number of thiophene rings is 1. The molecule has 1 atom stereocenters. The molecule has 0 aliphatic heterocycles. The first-order valence-corrected chi connectivity index (χ1v) is 8.95. The first kappa shape index (κ1) is 16.9. The first-order valence-electron chi connectivity index (χ1n) is 7.28. The molecule has 0 spiro atoms. The summed E-state index contributed by atoms with van der Waals surface area (Å²) in [6.07, 6.45) is 0. The molecule has 3 rings (SSSR count). The number of hydrogen-bond acceptors (Lipinski definition) is 4. The number of nitrogens with one attached hydrogen (secondary N) is 2. The minimum Gasteiger partial charge on any atom is -0.348 e. The summed E-state index contributed by atoms with van der Waals surface area (Å²) >= 11 is 12.8. The van der Waals surface area contributed by atoms with Crippen molar-refractivity contribution in [2.24, 2.45) is 0 Å². The van der Waals surface area contributed by atoms with Crippen molar-refractivity contribution in [1.29, 1.82) is 0 Å². The Bertz CT molecular complexity index is 901. The smallest absolute Gasteiger partial charge is 0.240 e. The molecule has 0 unspecified atom stereocenters. The molecular formula is C16H15ClN4OS2. The van der Waals surface area contributed by atoms with Gasteiger partial charge in [0.25, 0.3) is 0 Å². The second-order valence-electron chi connectivity index (χ2n) is 5.26. The van der Waals surface area contributed by atoms with Gasteiger partial charge in [-0.15, -0.1) is 11.3 Å². The highest BCUT2D eigenvalue weighted by molar-refractivity contribution is 7.71. The van der Waals surface area contributed by atoms with Crippen LogP contribution in [-0.2, 0) is 11.3 Å². The Labute approximate surface area is 153 Å². The fraction of sp³-hybridized carbons (Fsp3) is 0.188. The van der Waals surface area contributed by atoms with Crippen molar-refractivity contribution in [3.8, 4) is 10.7 Å². The van der Waals surface area contributed by atoms with Crippen molar-refractivity contribution in [3.05, 3.63) is 57.1 Å². The standard InChI is InChI=1S/C16H15ClN4OS2/c1-10(11-4-2-5-12(17)8-11)18-14(22)9-21-15(19-20-16(21)23)13-6-3-7-24-13/h2-8,10H,9H2,1H3,(H,18,22)(H,20,23)/t10-/m0/s1. The van der Waals surface area contributed by atoms with Crippen LogP contribution in [0.15, 0.2) is 41.8 Å². The van der Waals surface area contributed by atoms with E-state index in [4.69, 9.17) is 23.8 Å². The predicted molar refractivity (Wildman–Crippen MR) is 98.7 cm³/mol. The lowest BCUT2D eigenvalue weighted by Gasteiger charge is -2.15.